The Morgan fingerprint density at radius 2 is 1.87 bits per heavy atom. The van der Waals surface area contributed by atoms with Gasteiger partial charge in [0.15, 0.2) is 0 Å². The second-order valence-corrected chi connectivity index (χ2v) is 5.68. The molecule has 0 aromatic heterocycles. The largest absolute Gasteiger partial charge is 0.303 e. The highest BCUT2D eigenvalue weighted by molar-refractivity contribution is 7.80. The Kier molecular flexibility index (Phi) is 6.06. The summed E-state index contributed by atoms with van der Waals surface area (Å²) in [5.41, 5.74) is 0. The summed E-state index contributed by atoms with van der Waals surface area (Å²) in [5, 5.41) is 0. The standard InChI is InChI=1S/C13H27NS/c1-4-12-5-7-13(8-6-12)14(3)9-11(2)10-15/h11-13,15H,4-10H2,1-3H3. The summed E-state index contributed by atoms with van der Waals surface area (Å²) in [4.78, 5) is 2.56. The molecule has 0 spiro atoms. The van der Waals surface area contributed by atoms with Crippen LogP contribution >= 0.6 is 12.6 Å². The molecule has 1 saturated carbocycles. The van der Waals surface area contributed by atoms with Crippen LogP contribution in [0, 0.1) is 11.8 Å². The molecule has 0 aromatic carbocycles. The Morgan fingerprint density at radius 3 is 2.33 bits per heavy atom. The molecule has 0 N–H and O–H groups in total. The van der Waals surface area contributed by atoms with Gasteiger partial charge < -0.3 is 4.90 Å². The minimum absolute atomic E-state index is 0.724. The molecule has 1 aliphatic rings. The summed E-state index contributed by atoms with van der Waals surface area (Å²) in [7, 11) is 2.29. The molecule has 0 heterocycles. The van der Waals surface area contributed by atoms with E-state index in [-0.39, 0.29) is 0 Å². The van der Waals surface area contributed by atoms with E-state index in [0.717, 1.165) is 23.6 Å². The molecule has 1 unspecified atom stereocenters. The molecule has 1 nitrogen and oxygen atoms in total. The molecule has 1 aliphatic carbocycles. The summed E-state index contributed by atoms with van der Waals surface area (Å²) >= 11 is 4.36. The Balaban J connectivity index is 2.26. The minimum atomic E-state index is 0.724. The van der Waals surface area contributed by atoms with Gasteiger partial charge >= 0.3 is 0 Å². The van der Waals surface area contributed by atoms with E-state index < -0.39 is 0 Å². The lowest BCUT2D eigenvalue weighted by molar-refractivity contribution is 0.151. The molecule has 0 bridgehead atoms. The van der Waals surface area contributed by atoms with Crippen LogP contribution in [0.2, 0.25) is 0 Å². The average Bonchev–Trinajstić information content (AvgIpc) is 2.29. The van der Waals surface area contributed by atoms with Gasteiger partial charge in [-0.15, -0.1) is 0 Å². The molecule has 0 aliphatic heterocycles. The highest BCUT2D eigenvalue weighted by Crippen LogP contribution is 2.29. The quantitative estimate of drug-likeness (QED) is 0.707. The number of thiol groups is 1. The van der Waals surface area contributed by atoms with Crippen molar-refractivity contribution in [1.29, 1.82) is 0 Å². The summed E-state index contributed by atoms with van der Waals surface area (Å²) in [5.74, 6) is 2.74. The Labute approximate surface area is 101 Å². The zero-order valence-corrected chi connectivity index (χ0v) is 11.5. The Morgan fingerprint density at radius 1 is 1.27 bits per heavy atom. The third-order valence-electron chi connectivity index (χ3n) is 3.93. The predicted octanol–water partition coefficient (Wildman–Crippen LogP) is 3.45. The van der Waals surface area contributed by atoms with Gasteiger partial charge in [0, 0.05) is 12.6 Å². The third-order valence-corrected chi connectivity index (χ3v) is 4.55. The molecule has 0 radical (unpaired) electrons. The van der Waals surface area contributed by atoms with Crippen molar-refractivity contribution in [3.8, 4) is 0 Å². The van der Waals surface area contributed by atoms with E-state index in [1.807, 2.05) is 0 Å². The zero-order chi connectivity index (χ0) is 11.3. The van der Waals surface area contributed by atoms with Crippen LogP contribution in [-0.2, 0) is 0 Å². The molecule has 2 heteroatoms. The van der Waals surface area contributed by atoms with Crippen LogP contribution in [0.15, 0.2) is 0 Å². The van der Waals surface area contributed by atoms with Crippen molar-refractivity contribution in [2.45, 2.75) is 52.0 Å². The van der Waals surface area contributed by atoms with E-state index >= 15 is 0 Å². The van der Waals surface area contributed by atoms with Crippen LogP contribution in [0.1, 0.15) is 46.0 Å². The van der Waals surface area contributed by atoms with Gasteiger partial charge in [-0.1, -0.05) is 20.3 Å². The van der Waals surface area contributed by atoms with Crippen molar-refractivity contribution >= 4 is 12.6 Å². The van der Waals surface area contributed by atoms with Crippen molar-refractivity contribution < 1.29 is 0 Å². The summed E-state index contributed by atoms with van der Waals surface area (Å²) in [6.07, 6.45) is 7.09. The third kappa shape index (κ3) is 4.36. The van der Waals surface area contributed by atoms with Crippen LogP contribution in [-0.4, -0.2) is 30.3 Å². The molecule has 15 heavy (non-hydrogen) atoms. The Bertz CT molecular complexity index is 164. The first kappa shape index (κ1) is 13.4. The average molecular weight is 229 g/mol. The zero-order valence-electron chi connectivity index (χ0n) is 10.6. The second-order valence-electron chi connectivity index (χ2n) is 5.31. The smallest absolute Gasteiger partial charge is 0.00925 e. The van der Waals surface area contributed by atoms with Gasteiger partial charge in [-0.05, 0) is 50.3 Å². The maximum absolute atomic E-state index is 4.36. The maximum atomic E-state index is 4.36. The minimum Gasteiger partial charge on any atom is -0.303 e. The summed E-state index contributed by atoms with van der Waals surface area (Å²) < 4.78 is 0. The van der Waals surface area contributed by atoms with Crippen LogP contribution in [0.3, 0.4) is 0 Å². The van der Waals surface area contributed by atoms with Gasteiger partial charge in [-0.25, -0.2) is 0 Å². The van der Waals surface area contributed by atoms with Gasteiger partial charge in [0.2, 0.25) is 0 Å². The first-order valence-corrected chi connectivity index (χ1v) is 7.11. The van der Waals surface area contributed by atoms with E-state index in [2.05, 4.69) is 38.4 Å². The van der Waals surface area contributed by atoms with Gasteiger partial charge in [0.1, 0.15) is 0 Å². The number of nitrogens with zero attached hydrogens (tertiary/aromatic N) is 1. The van der Waals surface area contributed by atoms with Crippen LogP contribution in [0.25, 0.3) is 0 Å². The lowest BCUT2D eigenvalue weighted by atomic mass is 9.84. The number of hydrogen-bond donors (Lipinski definition) is 1. The fraction of sp³-hybridized carbons (Fsp3) is 1.00. The van der Waals surface area contributed by atoms with Gasteiger partial charge in [-0.3, -0.25) is 0 Å². The van der Waals surface area contributed by atoms with Crippen LogP contribution in [0.4, 0.5) is 0 Å². The molecule has 0 aromatic rings. The molecule has 1 fully saturated rings. The predicted molar refractivity (Wildman–Crippen MR) is 71.7 cm³/mol. The first-order valence-electron chi connectivity index (χ1n) is 6.48. The van der Waals surface area contributed by atoms with Crippen molar-refractivity contribution in [2.75, 3.05) is 19.3 Å². The molecule has 90 valence electrons. The summed E-state index contributed by atoms with van der Waals surface area (Å²) in [6.45, 7) is 5.84. The highest BCUT2D eigenvalue weighted by atomic mass is 32.1. The SMILES string of the molecule is CCC1CCC(N(C)CC(C)CS)CC1. The highest BCUT2D eigenvalue weighted by Gasteiger charge is 2.23. The van der Waals surface area contributed by atoms with Crippen molar-refractivity contribution in [3.05, 3.63) is 0 Å². The molecule has 1 atom stereocenters. The molecule has 0 amide bonds. The van der Waals surface area contributed by atoms with Crippen molar-refractivity contribution in [3.63, 3.8) is 0 Å². The monoisotopic (exact) mass is 229 g/mol. The summed E-state index contributed by atoms with van der Waals surface area (Å²) in [6, 6.07) is 0.843. The van der Waals surface area contributed by atoms with E-state index in [0.29, 0.717) is 0 Å². The van der Waals surface area contributed by atoms with Crippen molar-refractivity contribution in [1.82, 2.24) is 4.90 Å². The normalized spacial score (nSPS) is 29.4. The lowest BCUT2D eigenvalue weighted by Gasteiger charge is -2.35. The van der Waals surface area contributed by atoms with Gasteiger partial charge in [0.05, 0.1) is 0 Å². The molecular formula is C13H27NS. The fourth-order valence-corrected chi connectivity index (χ4v) is 2.81. The molecular weight excluding hydrogens is 202 g/mol. The van der Waals surface area contributed by atoms with Gasteiger partial charge in [0.25, 0.3) is 0 Å². The molecule has 1 rings (SSSR count). The van der Waals surface area contributed by atoms with E-state index in [9.17, 15) is 0 Å². The fourth-order valence-electron chi connectivity index (χ4n) is 2.69. The number of hydrogen-bond acceptors (Lipinski definition) is 2. The Hall–Kier alpha value is 0.310. The van der Waals surface area contributed by atoms with E-state index in [1.165, 1.54) is 38.6 Å². The molecule has 0 saturated heterocycles. The van der Waals surface area contributed by atoms with Crippen LogP contribution < -0.4 is 0 Å². The first-order chi connectivity index (χ1) is 7.17. The number of rotatable bonds is 5. The van der Waals surface area contributed by atoms with E-state index in [4.69, 9.17) is 0 Å². The van der Waals surface area contributed by atoms with E-state index in [1.54, 1.807) is 0 Å². The topological polar surface area (TPSA) is 3.24 Å². The lowest BCUT2D eigenvalue weighted by Crippen LogP contribution is -2.38. The van der Waals surface area contributed by atoms with Crippen molar-refractivity contribution in [2.24, 2.45) is 11.8 Å². The van der Waals surface area contributed by atoms with Crippen LogP contribution in [0.5, 0.6) is 0 Å². The second kappa shape index (κ2) is 6.80. The maximum Gasteiger partial charge on any atom is 0.00925 e. The van der Waals surface area contributed by atoms with Gasteiger partial charge in [-0.2, -0.15) is 12.6 Å².